The summed E-state index contributed by atoms with van der Waals surface area (Å²) in [6.45, 7) is 2.17. The second kappa shape index (κ2) is 8.43. The van der Waals surface area contributed by atoms with Crippen LogP contribution in [-0.2, 0) is 6.54 Å². The van der Waals surface area contributed by atoms with Gasteiger partial charge in [-0.3, -0.25) is 18.5 Å². The molecule has 6 heteroatoms. The number of amides is 1. The van der Waals surface area contributed by atoms with E-state index < -0.39 is 6.67 Å². The van der Waals surface area contributed by atoms with Gasteiger partial charge in [-0.1, -0.05) is 6.92 Å². The highest BCUT2D eigenvalue weighted by atomic mass is 18.2. The average molecular weight is 358 g/mol. The summed E-state index contributed by atoms with van der Waals surface area (Å²) in [4.78, 5) is 29.9. The number of halogens is 1. The van der Waals surface area contributed by atoms with Gasteiger partial charge < -0.3 is 5.32 Å². The minimum atomic E-state index is -0.416. The molecule has 26 heavy (non-hydrogen) atoms. The molecule has 1 amide bonds. The molecule has 1 aliphatic rings. The number of carbonyl (C=O) groups is 1. The molecule has 1 saturated carbocycles. The number of fused-ring (bicyclic) bond motifs is 1. The molecule has 5 nitrogen and oxygen atoms in total. The van der Waals surface area contributed by atoms with E-state index >= 15 is 0 Å². The fraction of sp³-hybridized carbons (Fsp3) is 0.550. The first-order valence-electron chi connectivity index (χ1n) is 9.45. The highest BCUT2D eigenvalue weighted by Gasteiger charge is 2.22. The molecule has 0 atom stereocenters. The zero-order valence-corrected chi connectivity index (χ0v) is 15.2. The van der Waals surface area contributed by atoms with E-state index in [4.69, 9.17) is 0 Å². The van der Waals surface area contributed by atoms with Gasteiger partial charge in [0.05, 0.1) is 6.67 Å². The van der Waals surface area contributed by atoms with E-state index in [0.29, 0.717) is 31.0 Å². The molecule has 0 bridgehead atoms. The van der Waals surface area contributed by atoms with Crippen LogP contribution < -0.4 is 10.9 Å². The monoisotopic (exact) mass is 358 g/mol. The van der Waals surface area contributed by atoms with Gasteiger partial charge in [0.2, 0.25) is 0 Å². The molecule has 140 valence electrons. The lowest BCUT2D eigenvalue weighted by atomic mass is 9.87. The Morgan fingerprint density at radius 3 is 2.81 bits per heavy atom. The number of rotatable bonds is 6. The molecule has 1 aliphatic carbocycles. The summed E-state index contributed by atoms with van der Waals surface area (Å²) in [7, 11) is 0. The van der Waals surface area contributed by atoms with Gasteiger partial charge in [0, 0.05) is 24.2 Å². The van der Waals surface area contributed by atoms with Crippen LogP contribution in [0.2, 0.25) is 0 Å². The van der Waals surface area contributed by atoms with Gasteiger partial charge in [-0.25, -0.2) is 4.98 Å². The lowest BCUT2D eigenvalue weighted by molar-refractivity contribution is 0.0921. The Kier molecular flexibility index (Phi) is 6.01. The van der Waals surface area contributed by atoms with Crippen LogP contribution in [-0.4, -0.2) is 28.2 Å². The number of unbranched alkanes of at least 4 members (excludes halogenated alkanes) is 1. The molecule has 2 aromatic rings. The molecular formula is C20H26FN3O2. The Morgan fingerprint density at radius 2 is 2.08 bits per heavy atom. The number of hydrogen-bond acceptors (Lipinski definition) is 3. The second-order valence-corrected chi connectivity index (χ2v) is 7.26. The summed E-state index contributed by atoms with van der Waals surface area (Å²) in [6, 6.07) is 5.37. The van der Waals surface area contributed by atoms with Crippen LogP contribution >= 0.6 is 0 Å². The number of aryl methyl sites for hydroxylation is 1. The predicted octanol–water partition coefficient (Wildman–Crippen LogP) is 3.45. The standard InChI is InChI=1S/C20H26FN3O2/c1-14-6-8-16(9-7-14)23-19(25)17-13-15-5-4-11-22-18(15)24(20(17)26)12-3-2-10-21/h4-5,11,13-14,16H,2-3,6-10,12H2,1H3,(H,23,25)/i21-1. The molecule has 2 aromatic heterocycles. The van der Waals surface area contributed by atoms with Crippen LogP contribution in [0.3, 0.4) is 0 Å². The number of alkyl halides is 1. The van der Waals surface area contributed by atoms with Gasteiger partial charge in [0.15, 0.2) is 0 Å². The Hall–Kier alpha value is -2.24. The largest absolute Gasteiger partial charge is 0.349 e. The summed E-state index contributed by atoms with van der Waals surface area (Å²) in [5, 5.41) is 3.77. The van der Waals surface area contributed by atoms with Crippen LogP contribution in [0.25, 0.3) is 11.0 Å². The van der Waals surface area contributed by atoms with Gasteiger partial charge in [0.25, 0.3) is 11.5 Å². The minimum Gasteiger partial charge on any atom is -0.349 e. The molecule has 1 N–H and O–H groups in total. The molecule has 0 radical (unpaired) electrons. The third kappa shape index (κ3) is 4.11. The number of nitrogens with zero attached hydrogens (tertiary/aromatic N) is 2. The first kappa shape index (κ1) is 18.5. The molecule has 0 saturated heterocycles. The maximum atomic E-state index is 12.9. The topological polar surface area (TPSA) is 64.0 Å². The smallest absolute Gasteiger partial charge is 0.265 e. The fourth-order valence-electron chi connectivity index (χ4n) is 3.61. The molecule has 3 rings (SSSR count). The van der Waals surface area contributed by atoms with Crippen molar-refractivity contribution in [2.75, 3.05) is 6.67 Å². The van der Waals surface area contributed by atoms with Gasteiger partial charge in [-0.15, -0.1) is 0 Å². The highest BCUT2D eigenvalue weighted by molar-refractivity contribution is 5.97. The Labute approximate surface area is 152 Å². The number of aromatic nitrogens is 2. The Balaban J connectivity index is 1.88. The maximum Gasteiger partial charge on any atom is 0.265 e. The maximum absolute atomic E-state index is 12.9. The van der Waals surface area contributed by atoms with E-state index in [1.165, 1.54) is 4.57 Å². The zero-order valence-electron chi connectivity index (χ0n) is 15.2. The van der Waals surface area contributed by atoms with Crippen molar-refractivity contribution in [3.05, 3.63) is 40.3 Å². The van der Waals surface area contributed by atoms with E-state index in [9.17, 15) is 14.0 Å². The van der Waals surface area contributed by atoms with Gasteiger partial charge in [-0.2, -0.15) is 0 Å². The molecular weight excluding hydrogens is 332 g/mol. The quantitative estimate of drug-likeness (QED) is 0.805. The van der Waals surface area contributed by atoms with Crippen molar-refractivity contribution in [2.45, 2.75) is 58.0 Å². The Bertz CT molecular complexity index is 825. The number of pyridine rings is 2. The lowest BCUT2D eigenvalue weighted by Crippen LogP contribution is -2.40. The van der Waals surface area contributed by atoms with Crippen LogP contribution in [0.15, 0.2) is 29.2 Å². The number of hydrogen-bond donors (Lipinski definition) is 1. The predicted molar refractivity (Wildman–Crippen MR) is 100 cm³/mol. The van der Waals surface area contributed by atoms with Crippen molar-refractivity contribution in [3.63, 3.8) is 0 Å². The van der Waals surface area contributed by atoms with Crippen molar-refractivity contribution in [1.82, 2.24) is 14.9 Å². The third-order valence-electron chi connectivity index (χ3n) is 5.21. The lowest BCUT2D eigenvalue weighted by Gasteiger charge is -2.26. The van der Waals surface area contributed by atoms with Crippen LogP contribution in [0.4, 0.5) is 4.39 Å². The summed E-state index contributed by atoms with van der Waals surface area (Å²) >= 11 is 0. The van der Waals surface area contributed by atoms with Crippen molar-refractivity contribution < 1.29 is 9.18 Å². The van der Waals surface area contributed by atoms with E-state index in [0.717, 1.165) is 31.1 Å². The summed E-state index contributed by atoms with van der Waals surface area (Å²) in [5.41, 5.74) is 0.334. The SMILES string of the molecule is CC1CCC(NC(=O)c2cc3cccnc3n(CCCC[18F])c2=O)CC1. The third-order valence-corrected chi connectivity index (χ3v) is 5.21. The van der Waals surface area contributed by atoms with Gasteiger partial charge >= 0.3 is 0 Å². The summed E-state index contributed by atoms with van der Waals surface area (Å²) in [6.07, 6.45) is 6.64. The average Bonchev–Trinajstić information content (AvgIpc) is 2.65. The van der Waals surface area contributed by atoms with Crippen LogP contribution in [0, 0.1) is 5.92 Å². The second-order valence-electron chi connectivity index (χ2n) is 7.26. The molecule has 0 aromatic carbocycles. The van der Waals surface area contributed by atoms with Gasteiger partial charge in [-0.05, 0) is 62.6 Å². The van der Waals surface area contributed by atoms with Crippen LogP contribution in [0.5, 0.6) is 0 Å². The van der Waals surface area contributed by atoms with E-state index in [1.54, 1.807) is 18.3 Å². The molecule has 0 unspecified atom stereocenters. The molecule has 1 fully saturated rings. The summed E-state index contributed by atoms with van der Waals surface area (Å²) < 4.78 is 13.9. The first-order chi connectivity index (χ1) is 12.6. The fourth-order valence-corrected chi connectivity index (χ4v) is 3.61. The van der Waals surface area contributed by atoms with E-state index in [2.05, 4.69) is 17.2 Å². The van der Waals surface area contributed by atoms with Gasteiger partial charge in [0.1, 0.15) is 11.2 Å². The minimum absolute atomic E-state index is 0.127. The molecule has 0 spiro atoms. The molecule has 0 aliphatic heterocycles. The van der Waals surface area contributed by atoms with Crippen molar-refractivity contribution in [2.24, 2.45) is 5.92 Å². The summed E-state index contributed by atoms with van der Waals surface area (Å²) in [5.74, 6) is 0.377. The van der Waals surface area contributed by atoms with Crippen LogP contribution in [0.1, 0.15) is 55.8 Å². The van der Waals surface area contributed by atoms with Crippen molar-refractivity contribution in [3.8, 4) is 0 Å². The normalized spacial score (nSPS) is 20.2. The molecule has 2 heterocycles. The zero-order chi connectivity index (χ0) is 18.5. The number of carbonyl (C=O) groups excluding carboxylic acids is 1. The van der Waals surface area contributed by atoms with Crippen molar-refractivity contribution >= 4 is 16.9 Å². The van der Waals surface area contributed by atoms with Crippen molar-refractivity contribution in [1.29, 1.82) is 0 Å². The highest BCUT2D eigenvalue weighted by Crippen LogP contribution is 2.23. The first-order valence-corrected chi connectivity index (χ1v) is 9.45. The van der Waals surface area contributed by atoms with E-state index in [-0.39, 0.29) is 23.1 Å². The Morgan fingerprint density at radius 1 is 1.31 bits per heavy atom. The number of nitrogens with one attached hydrogen (secondary N) is 1. The van der Waals surface area contributed by atoms with E-state index in [1.807, 2.05) is 6.07 Å².